The monoisotopic (exact) mass is 358 g/mol. The number of benzene rings is 1. The maximum absolute atomic E-state index is 5.95. The van der Waals surface area contributed by atoms with Crippen LogP contribution in [0.25, 0.3) is 0 Å². The molecule has 0 aromatic heterocycles. The molecule has 0 spiro atoms. The number of rotatable bonds is 8. The fourth-order valence-electron chi connectivity index (χ4n) is 4.33. The molecule has 4 unspecified atom stereocenters. The van der Waals surface area contributed by atoms with Crippen LogP contribution in [0.3, 0.4) is 0 Å². The van der Waals surface area contributed by atoms with Gasteiger partial charge in [-0.15, -0.1) is 0 Å². The Hall–Kier alpha value is -1.59. The van der Waals surface area contributed by atoms with Crippen LogP contribution in [0.15, 0.2) is 35.3 Å². The van der Waals surface area contributed by atoms with Gasteiger partial charge < -0.3 is 15.4 Å². The van der Waals surface area contributed by atoms with E-state index in [0.29, 0.717) is 24.3 Å². The van der Waals surface area contributed by atoms with Gasteiger partial charge in [0.25, 0.3) is 0 Å². The van der Waals surface area contributed by atoms with Crippen molar-refractivity contribution in [1.82, 2.24) is 15.5 Å². The Morgan fingerprint density at radius 3 is 2.58 bits per heavy atom. The van der Waals surface area contributed by atoms with Crippen LogP contribution in [0, 0.1) is 0 Å². The number of likely N-dealkylation sites (N-methyl/N-ethyl adjacent to an activating group) is 1. The van der Waals surface area contributed by atoms with E-state index >= 15 is 0 Å². The Labute approximate surface area is 158 Å². The molecule has 26 heavy (non-hydrogen) atoms. The summed E-state index contributed by atoms with van der Waals surface area (Å²) in [6, 6.07) is 11.6. The molecule has 0 radical (unpaired) electrons. The van der Waals surface area contributed by atoms with E-state index in [2.05, 4.69) is 64.7 Å². The van der Waals surface area contributed by atoms with Gasteiger partial charge in [0.2, 0.25) is 0 Å². The molecule has 5 heteroatoms. The van der Waals surface area contributed by atoms with Crippen LogP contribution >= 0.6 is 0 Å². The number of ether oxygens (including phenoxy) is 1. The van der Waals surface area contributed by atoms with E-state index in [9.17, 15) is 0 Å². The molecule has 0 saturated carbocycles. The topological polar surface area (TPSA) is 48.9 Å². The van der Waals surface area contributed by atoms with Gasteiger partial charge in [0.15, 0.2) is 5.96 Å². The van der Waals surface area contributed by atoms with E-state index < -0.39 is 0 Å². The zero-order valence-electron chi connectivity index (χ0n) is 16.4. The maximum Gasteiger partial charge on any atom is 0.191 e. The van der Waals surface area contributed by atoms with Crippen LogP contribution < -0.4 is 10.6 Å². The lowest BCUT2D eigenvalue weighted by Gasteiger charge is -2.31. The summed E-state index contributed by atoms with van der Waals surface area (Å²) in [6.07, 6.45) is 5.36. The largest absolute Gasteiger partial charge is 0.373 e. The van der Waals surface area contributed by atoms with Crippen LogP contribution in [0.4, 0.5) is 0 Å². The Balaban J connectivity index is 1.56. The lowest BCUT2D eigenvalue weighted by Crippen LogP contribution is -2.51. The van der Waals surface area contributed by atoms with Crippen molar-refractivity contribution in [3.63, 3.8) is 0 Å². The molecule has 144 valence electrons. The number of hydrogen-bond acceptors (Lipinski definition) is 3. The molecule has 0 amide bonds. The molecule has 2 aliphatic rings. The summed E-state index contributed by atoms with van der Waals surface area (Å²) in [5.41, 5.74) is 1.38. The fourth-order valence-corrected chi connectivity index (χ4v) is 4.33. The average molecular weight is 359 g/mol. The normalized spacial score (nSPS) is 26.3. The maximum atomic E-state index is 5.95. The molecular formula is C21H34N4O. The number of nitrogens with zero attached hydrogens (tertiary/aromatic N) is 2. The summed E-state index contributed by atoms with van der Waals surface area (Å²) in [4.78, 5) is 6.97. The smallest absolute Gasteiger partial charge is 0.191 e. The quantitative estimate of drug-likeness (QED) is 0.553. The molecule has 2 fully saturated rings. The van der Waals surface area contributed by atoms with Crippen LogP contribution in [0.1, 0.15) is 38.7 Å². The lowest BCUT2D eigenvalue weighted by molar-refractivity contribution is 0.0992. The molecule has 2 N–H and O–H groups in total. The van der Waals surface area contributed by atoms with Crippen molar-refractivity contribution < 1.29 is 4.74 Å². The molecule has 1 aromatic carbocycles. The van der Waals surface area contributed by atoms with Gasteiger partial charge in [-0.1, -0.05) is 44.2 Å². The van der Waals surface area contributed by atoms with Gasteiger partial charge in [0.05, 0.1) is 18.2 Å². The van der Waals surface area contributed by atoms with E-state index in [1.165, 1.54) is 18.4 Å². The van der Waals surface area contributed by atoms with Crippen molar-refractivity contribution >= 4 is 5.96 Å². The summed E-state index contributed by atoms with van der Waals surface area (Å²) in [5.74, 6) is 0.899. The minimum atomic E-state index is 0.362. The number of nitrogens with one attached hydrogen (secondary N) is 2. The molecule has 0 aliphatic carbocycles. The van der Waals surface area contributed by atoms with E-state index in [4.69, 9.17) is 4.74 Å². The number of hydrogen-bond donors (Lipinski definition) is 2. The fraction of sp³-hybridized carbons (Fsp3) is 0.667. The molecule has 4 atom stereocenters. The second kappa shape index (κ2) is 9.38. The molecule has 2 saturated heterocycles. The van der Waals surface area contributed by atoms with Crippen LogP contribution in [-0.4, -0.2) is 61.8 Å². The van der Waals surface area contributed by atoms with E-state index in [0.717, 1.165) is 38.4 Å². The molecule has 3 rings (SSSR count). The predicted molar refractivity (Wildman–Crippen MR) is 108 cm³/mol. The van der Waals surface area contributed by atoms with Gasteiger partial charge >= 0.3 is 0 Å². The van der Waals surface area contributed by atoms with Crippen molar-refractivity contribution in [2.75, 3.05) is 26.7 Å². The standard InChI is InChI=1S/C21H34N4O/c1-4-25(5-2)17(13-16-9-7-6-8-10-16)15-23-21(22-3)24-19-14-18-11-12-20(19)26-18/h6-10,17-20H,4-5,11-15H2,1-3H3,(H2,22,23,24). The summed E-state index contributed by atoms with van der Waals surface area (Å²) < 4.78 is 5.95. The third kappa shape index (κ3) is 4.77. The molecule has 2 aliphatic heterocycles. The first-order chi connectivity index (χ1) is 12.7. The highest BCUT2D eigenvalue weighted by Crippen LogP contribution is 2.34. The van der Waals surface area contributed by atoms with Gasteiger partial charge in [0, 0.05) is 19.6 Å². The SMILES string of the molecule is CCN(CC)C(CNC(=NC)NC1CC2CCC1O2)Cc1ccccc1. The van der Waals surface area contributed by atoms with Crippen LogP contribution in [-0.2, 0) is 11.2 Å². The third-order valence-corrected chi connectivity index (χ3v) is 5.80. The Morgan fingerprint density at radius 2 is 2.00 bits per heavy atom. The second-order valence-corrected chi connectivity index (χ2v) is 7.38. The van der Waals surface area contributed by atoms with E-state index in [-0.39, 0.29) is 0 Å². The zero-order chi connectivity index (χ0) is 18.4. The molecule has 1 aromatic rings. The Bertz CT molecular complexity index is 573. The predicted octanol–water partition coefficient (Wildman–Crippen LogP) is 2.42. The van der Waals surface area contributed by atoms with Gasteiger partial charge in [-0.05, 0) is 44.3 Å². The van der Waals surface area contributed by atoms with Gasteiger partial charge in [0.1, 0.15) is 0 Å². The van der Waals surface area contributed by atoms with Gasteiger partial charge in [-0.2, -0.15) is 0 Å². The summed E-state index contributed by atoms with van der Waals surface area (Å²) in [6.45, 7) is 7.48. The van der Waals surface area contributed by atoms with E-state index in [1.807, 2.05) is 7.05 Å². The molecular weight excluding hydrogens is 324 g/mol. The number of fused-ring (bicyclic) bond motifs is 2. The summed E-state index contributed by atoms with van der Waals surface area (Å²) in [5, 5.41) is 7.15. The highest BCUT2D eigenvalue weighted by Gasteiger charge is 2.41. The van der Waals surface area contributed by atoms with Crippen molar-refractivity contribution in [1.29, 1.82) is 0 Å². The van der Waals surface area contributed by atoms with Gasteiger partial charge in [-0.25, -0.2) is 0 Å². The van der Waals surface area contributed by atoms with Crippen LogP contribution in [0.5, 0.6) is 0 Å². The lowest BCUT2D eigenvalue weighted by atomic mass is 9.96. The first kappa shape index (κ1) is 19.2. The second-order valence-electron chi connectivity index (χ2n) is 7.38. The zero-order valence-corrected chi connectivity index (χ0v) is 16.4. The minimum Gasteiger partial charge on any atom is -0.373 e. The first-order valence-electron chi connectivity index (χ1n) is 10.1. The Kier molecular flexibility index (Phi) is 6.92. The highest BCUT2D eigenvalue weighted by atomic mass is 16.5. The molecule has 5 nitrogen and oxygen atoms in total. The van der Waals surface area contributed by atoms with Crippen LogP contribution in [0.2, 0.25) is 0 Å². The van der Waals surface area contributed by atoms with E-state index in [1.54, 1.807) is 0 Å². The van der Waals surface area contributed by atoms with Crippen molar-refractivity contribution in [2.24, 2.45) is 4.99 Å². The summed E-state index contributed by atoms with van der Waals surface area (Å²) in [7, 11) is 1.85. The molecule has 2 heterocycles. The first-order valence-corrected chi connectivity index (χ1v) is 10.1. The highest BCUT2D eigenvalue weighted by molar-refractivity contribution is 5.80. The average Bonchev–Trinajstić information content (AvgIpc) is 3.29. The number of guanidine groups is 1. The minimum absolute atomic E-state index is 0.362. The number of aliphatic imine (C=N–C) groups is 1. The third-order valence-electron chi connectivity index (χ3n) is 5.80. The molecule has 2 bridgehead atoms. The Morgan fingerprint density at radius 1 is 1.23 bits per heavy atom. The van der Waals surface area contributed by atoms with Gasteiger partial charge in [-0.3, -0.25) is 9.89 Å². The van der Waals surface area contributed by atoms with Crippen molar-refractivity contribution in [2.45, 2.75) is 63.8 Å². The van der Waals surface area contributed by atoms with Crippen molar-refractivity contribution in [3.05, 3.63) is 35.9 Å². The van der Waals surface area contributed by atoms with Crippen molar-refractivity contribution in [3.8, 4) is 0 Å². The summed E-state index contributed by atoms with van der Waals surface area (Å²) >= 11 is 0.